The highest BCUT2D eigenvalue weighted by Gasteiger charge is 2.15. The lowest BCUT2D eigenvalue weighted by Crippen LogP contribution is -2.86. The van der Waals surface area contributed by atoms with Crippen molar-refractivity contribution in [2.24, 2.45) is 0 Å². The minimum atomic E-state index is -0.0377. The molecule has 0 aromatic heterocycles. The molecule has 0 radical (unpaired) electrons. The molecule has 4 heteroatoms. The van der Waals surface area contributed by atoms with Gasteiger partial charge in [0.25, 0.3) is 5.91 Å². The second kappa shape index (κ2) is 8.50. The van der Waals surface area contributed by atoms with Crippen molar-refractivity contribution >= 4 is 22.4 Å². The van der Waals surface area contributed by atoms with Gasteiger partial charge in [-0.3, -0.25) is 4.79 Å². The molecule has 3 aromatic carbocycles. The number of carbonyl (C=O) groups is 1. The van der Waals surface area contributed by atoms with Gasteiger partial charge in [0.05, 0.1) is 12.3 Å². The minimum Gasteiger partial charge on any atom is -0.492 e. The molecular weight excluding hydrogens is 324 g/mol. The van der Waals surface area contributed by atoms with E-state index in [0.29, 0.717) is 24.6 Å². The Morgan fingerprint density at radius 3 is 2.62 bits per heavy atom. The molecule has 0 spiro atoms. The van der Waals surface area contributed by atoms with Gasteiger partial charge in [-0.15, -0.1) is 0 Å². The lowest BCUT2D eigenvalue weighted by atomic mass is 10.00. The topological polar surface area (TPSA) is 54.9 Å². The number of nitrogens with one attached hydrogen (secondary N) is 1. The summed E-state index contributed by atoms with van der Waals surface area (Å²) >= 11 is 0. The number of benzene rings is 3. The summed E-state index contributed by atoms with van der Waals surface area (Å²) in [7, 11) is 0. The summed E-state index contributed by atoms with van der Waals surface area (Å²) in [4.78, 5) is 12.4. The number of para-hydroxylation sites is 2. The fourth-order valence-electron chi connectivity index (χ4n) is 3.11. The van der Waals surface area contributed by atoms with E-state index in [1.54, 1.807) is 0 Å². The van der Waals surface area contributed by atoms with Gasteiger partial charge in [-0.2, -0.15) is 0 Å². The number of anilines is 1. The van der Waals surface area contributed by atoms with Crippen LogP contribution in [0.5, 0.6) is 5.75 Å². The summed E-state index contributed by atoms with van der Waals surface area (Å²) in [6.07, 6.45) is 0. The molecule has 0 saturated carbocycles. The van der Waals surface area contributed by atoms with Crippen molar-refractivity contribution in [1.82, 2.24) is 0 Å². The SMILES string of the molecule is CCOc1ccccc1NC(=O)C[NH2+][C@@H](C)c1cccc2ccccc12. The van der Waals surface area contributed by atoms with Crippen LogP contribution >= 0.6 is 0 Å². The van der Waals surface area contributed by atoms with Crippen LogP contribution in [0.25, 0.3) is 10.8 Å². The predicted octanol–water partition coefficient (Wildman–Crippen LogP) is 3.50. The normalized spacial score (nSPS) is 11.9. The zero-order valence-corrected chi connectivity index (χ0v) is 15.2. The summed E-state index contributed by atoms with van der Waals surface area (Å²) in [6, 6.07) is 22.4. The zero-order chi connectivity index (χ0) is 18.4. The Balaban J connectivity index is 1.64. The largest absolute Gasteiger partial charge is 0.492 e. The first-order valence-electron chi connectivity index (χ1n) is 9.01. The highest BCUT2D eigenvalue weighted by Crippen LogP contribution is 2.24. The maximum Gasteiger partial charge on any atom is 0.279 e. The molecule has 0 unspecified atom stereocenters. The highest BCUT2D eigenvalue weighted by molar-refractivity contribution is 5.93. The fraction of sp³-hybridized carbons (Fsp3) is 0.227. The van der Waals surface area contributed by atoms with Crippen LogP contribution in [-0.2, 0) is 4.79 Å². The van der Waals surface area contributed by atoms with E-state index < -0.39 is 0 Å². The average molecular weight is 349 g/mol. The van der Waals surface area contributed by atoms with Crippen molar-refractivity contribution in [3.8, 4) is 5.75 Å². The molecule has 0 bridgehead atoms. The second-order valence-electron chi connectivity index (χ2n) is 6.27. The van der Waals surface area contributed by atoms with E-state index >= 15 is 0 Å². The highest BCUT2D eigenvalue weighted by atomic mass is 16.5. The summed E-state index contributed by atoms with van der Waals surface area (Å²) in [6.45, 7) is 4.98. The number of hydrogen-bond acceptors (Lipinski definition) is 2. The Morgan fingerprint density at radius 1 is 1.04 bits per heavy atom. The molecule has 3 aromatic rings. The molecule has 1 amide bonds. The molecule has 134 valence electrons. The standard InChI is InChI=1S/C22H24N2O2/c1-3-26-21-14-7-6-13-20(21)24-22(25)15-23-16(2)18-12-8-10-17-9-4-5-11-19(17)18/h4-14,16,23H,3,15H2,1-2H3,(H,24,25)/p+1/t16-/m0/s1. The van der Waals surface area contributed by atoms with Gasteiger partial charge < -0.3 is 15.4 Å². The Bertz CT molecular complexity index is 887. The summed E-state index contributed by atoms with van der Waals surface area (Å²) in [5, 5.41) is 7.46. The molecule has 0 aliphatic carbocycles. The van der Waals surface area contributed by atoms with Crippen LogP contribution < -0.4 is 15.4 Å². The molecule has 4 nitrogen and oxygen atoms in total. The number of ether oxygens (including phenoxy) is 1. The fourth-order valence-corrected chi connectivity index (χ4v) is 3.11. The number of carbonyl (C=O) groups excluding carboxylic acids is 1. The van der Waals surface area contributed by atoms with Gasteiger partial charge in [0.2, 0.25) is 0 Å². The van der Waals surface area contributed by atoms with Crippen molar-refractivity contribution in [3.05, 3.63) is 72.3 Å². The maximum absolute atomic E-state index is 12.4. The molecule has 3 N–H and O–H groups in total. The number of rotatable bonds is 7. The van der Waals surface area contributed by atoms with Crippen molar-refractivity contribution in [2.75, 3.05) is 18.5 Å². The zero-order valence-electron chi connectivity index (χ0n) is 15.2. The van der Waals surface area contributed by atoms with Crippen molar-refractivity contribution < 1.29 is 14.8 Å². The molecule has 1 atom stereocenters. The van der Waals surface area contributed by atoms with Crippen molar-refractivity contribution in [1.29, 1.82) is 0 Å². The molecule has 26 heavy (non-hydrogen) atoms. The molecular formula is C22H25N2O2+. The van der Waals surface area contributed by atoms with E-state index in [1.807, 2.05) is 37.3 Å². The first-order valence-corrected chi connectivity index (χ1v) is 9.01. The third-order valence-corrected chi connectivity index (χ3v) is 4.43. The van der Waals surface area contributed by atoms with Crippen LogP contribution in [0.15, 0.2) is 66.7 Å². The van der Waals surface area contributed by atoms with Gasteiger partial charge in [-0.1, -0.05) is 54.6 Å². The van der Waals surface area contributed by atoms with Gasteiger partial charge in [-0.05, 0) is 36.8 Å². The Hall–Kier alpha value is -2.85. The summed E-state index contributed by atoms with van der Waals surface area (Å²) in [5.74, 6) is 0.662. The lowest BCUT2D eigenvalue weighted by molar-refractivity contribution is -0.682. The lowest BCUT2D eigenvalue weighted by Gasteiger charge is -2.14. The van der Waals surface area contributed by atoms with Crippen LogP contribution in [0.2, 0.25) is 0 Å². The number of hydrogen-bond donors (Lipinski definition) is 2. The molecule has 0 heterocycles. The van der Waals surface area contributed by atoms with E-state index in [4.69, 9.17) is 4.74 Å². The summed E-state index contributed by atoms with van der Waals surface area (Å²) in [5.41, 5.74) is 1.95. The monoisotopic (exact) mass is 349 g/mol. The Morgan fingerprint density at radius 2 is 1.77 bits per heavy atom. The third kappa shape index (κ3) is 4.21. The number of amides is 1. The van der Waals surface area contributed by atoms with Gasteiger partial charge in [-0.25, -0.2) is 0 Å². The van der Waals surface area contributed by atoms with Crippen molar-refractivity contribution in [3.63, 3.8) is 0 Å². The Kier molecular flexibility index (Phi) is 5.87. The van der Waals surface area contributed by atoms with Crippen LogP contribution in [0.3, 0.4) is 0 Å². The first kappa shape index (κ1) is 18.0. The number of nitrogens with two attached hydrogens (primary N) is 1. The van der Waals surface area contributed by atoms with Gasteiger partial charge in [0.1, 0.15) is 11.8 Å². The van der Waals surface area contributed by atoms with Gasteiger partial charge >= 0.3 is 0 Å². The quantitative estimate of drug-likeness (QED) is 0.686. The second-order valence-corrected chi connectivity index (χ2v) is 6.27. The first-order chi connectivity index (χ1) is 12.7. The Labute approximate surface area is 154 Å². The smallest absolute Gasteiger partial charge is 0.279 e. The van der Waals surface area contributed by atoms with E-state index in [9.17, 15) is 4.79 Å². The molecule has 3 rings (SSSR count). The van der Waals surface area contributed by atoms with Gasteiger partial charge in [0.15, 0.2) is 6.54 Å². The van der Waals surface area contributed by atoms with Crippen LogP contribution in [0, 0.1) is 0 Å². The number of fused-ring (bicyclic) bond motifs is 1. The van der Waals surface area contributed by atoms with E-state index in [1.165, 1.54) is 16.3 Å². The maximum atomic E-state index is 12.4. The van der Waals surface area contributed by atoms with Crippen LogP contribution in [-0.4, -0.2) is 19.1 Å². The third-order valence-electron chi connectivity index (χ3n) is 4.43. The molecule has 0 saturated heterocycles. The molecule has 0 fully saturated rings. The predicted molar refractivity (Wildman–Crippen MR) is 105 cm³/mol. The van der Waals surface area contributed by atoms with Crippen LogP contribution in [0.4, 0.5) is 5.69 Å². The molecule has 0 aliphatic heterocycles. The van der Waals surface area contributed by atoms with Gasteiger partial charge in [0, 0.05) is 5.56 Å². The van der Waals surface area contributed by atoms with E-state index in [0.717, 1.165) is 0 Å². The van der Waals surface area contributed by atoms with E-state index in [2.05, 4.69) is 54.0 Å². The minimum absolute atomic E-state index is 0.0377. The summed E-state index contributed by atoms with van der Waals surface area (Å²) < 4.78 is 5.56. The van der Waals surface area contributed by atoms with E-state index in [-0.39, 0.29) is 11.9 Å². The van der Waals surface area contributed by atoms with Crippen LogP contribution in [0.1, 0.15) is 25.5 Å². The number of quaternary nitrogens is 1. The van der Waals surface area contributed by atoms with Crippen molar-refractivity contribution in [2.45, 2.75) is 19.9 Å². The average Bonchev–Trinajstić information content (AvgIpc) is 2.67. The molecule has 0 aliphatic rings.